The molecule has 1 aliphatic carbocycles. The lowest BCUT2D eigenvalue weighted by molar-refractivity contribution is -0.155. The van der Waals surface area contributed by atoms with Gasteiger partial charge in [0.2, 0.25) is 0 Å². The number of urea groups is 1. The number of nitrogens with one attached hydrogen (secondary N) is 1. The fraction of sp³-hybridized carbons (Fsp3) is 0.846. The third kappa shape index (κ3) is 4.38. The molecule has 6 nitrogen and oxygen atoms in total. The van der Waals surface area contributed by atoms with Crippen molar-refractivity contribution in [2.24, 2.45) is 0 Å². The molecule has 0 aromatic carbocycles. The van der Waals surface area contributed by atoms with E-state index in [1.54, 1.807) is 4.90 Å². The van der Waals surface area contributed by atoms with Crippen LogP contribution in [0.2, 0.25) is 0 Å². The Balaban J connectivity index is 2.52. The number of carboxylic acid groups (broad SMARTS) is 1. The van der Waals surface area contributed by atoms with E-state index in [9.17, 15) is 14.7 Å². The molecule has 1 saturated carbocycles. The normalized spacial score (nSPS) is 19.5. The summed E-state index contributed by atoms with van der Waals surface area (Å²) in [7, 11) is 0. The third-order valence-electron chi connectivity index (χ3n) is 3.66. The van der Waals surface area contributed by atoms with Gasteiger partial charge in [0, 0.05) is 12.6 Å². The molecule has 0 saturated heterocycles. The van der Waals surface area contributed by atoms with Crippen molar-refractivity contribution in [1.29, 1.82) is 0 Å². The predicted octanol–water partition coefficient (Wildman–Crippen LogP) is 1.19. The Labute approximate surface area is 113 Å². The zero-order valence-corrected chi connectivity index (χ0v) is 11.7. The second-order valence-electron chi connectivity index (χ2n) is 5.32. The fourth-order valence-electron chi connectivity index (χ4n) is 2.39. The standard InChI is InChI=1S/C13H24N2O4/c1-3-15(10-7-5-4-6-8-10)12(18)14-9-13(2,19)11(16)17/h10,19H,3-9H2,1-2H3,(H,14,18)(H,16,17). The summed E-state index contributed by atoms with van der Waals surface area (Å²) < 4.78 is 0. The van der Waals surface area contributed by atoms with Crippen LogP contribution >= 0.6 is 0 Å². The highest BCUT2D eigenvalue weighted by atomic mass is 16.4. The number of hydrogen-bond acceptors (Lipinski definition) is 3. The summed E-state index contributed by atoms with van der Waals surface area (Å²) in [6.07, 6.45) is 5.46. The molecule has 0 heterocycles. The average molecular weight is 272 g/mol. The zero-order chi connectivity index (χ0) is 14.5. The van der Waals surface area contributed by atoms with Crippen molar-refractivity contribution in [3.8, 4) is 0 Å². The second kappa shape index (κ2) is 6.75. The van der Waals surface area contributed by atoms with E-state index in [0.29, 0.717) is 6.54 Å². The first-order chi connectivity index (χ1) is 8.88. The van der Waals surface area contributed by atoms with Gasteiger partial charge in [-0.2, -0.15) is 0 Å². The first-order valence-corrected chi connectivity index (χ1v) is 6.88. The molecule has 0 aliphatic heterocycles. The lowest BCUT2D eigenvalue weighted by Crippen LogP contribution is -2.52. The molecule has 0 radical (unpaired) electrons. The molecule has 19 heavy (non-hydrogen) atoms. The smallest absolute Gasteiger partial charge is 0.337 e. The maximum absolute atomic E-state index is 12.1. The van der Waals surface area contributed by atoms with Gasteiger partial charge in [-0.1, -0.05) is 19.3 Å². The highest BCUT2D eigenvalue weighted by Crippen LogP contribution is 2.22. The van der Waals surface area contributed by atoms with Gasteiger partial charge in [-0.15, -0.1) is 0 Å². The van der Waals surface area contributed by atoms with Crippen LogP contribution < -0.4 is 5.32 Å². The Kier molecular flexibility index (Phi) is 5.60. The van der Waals surface area contributed by atoms with E-state index in [2.05, 4.69) is 5.32 Å². The van der Waals surface area contributed by atoms with Crippen LogP contribution in [0.3, 0.4) is 0 Å². The first kappa shape index (κ1) is 15.8. The summed E-state index contributed by atoms with van der Waals surface area (Å²) in [5, 5.41) is 20.9. The number of carbonyl (C=O) groups is 2. The molecule has 1 rings (SSSR count). The van der Waals surface area contributed by atoms with Gasteiger partial charge in [-0.25, -0.2) is 9.59 Å². The number of nitrogens with zero attached hydrogens (tertiary/aromatic N) is 1. The van der Waals surface area contributed by atoms with Crippen molar-refractivity contribution in [3.05, 3.63) is 0 Å². The molecule has 3 N–H and O–H groups in total. The minimum Gasteiger partial charge on any atom is -0.479 e. The van der Waals surface area contributed by atoms with E-state index < -0.39 is 11.6 Å². The van der Waals surface area contributed by atoms with Gasteiger partial charge in [0.1, 0.15) is 0 Å². The summed E-state index contributed by atoms with van der Waals surface area (Å²) in [4.78, 5) is 24.5. The van der Waals surface area contributed by atoms with Gasteiger partial charge in [0.15, 0.2) is 5.60 Å². The van der Waals surface area contributed by atoms with Gasteiger partial charge in [-0.3, -0.25) is 0 Å². The first-order valence-electron chi connectivity index (χ1n) is 6.88. The highest BCUT2D eigenvalue weighted by Gasteiger charge is 2.32. The van der Waals surface area contributed by atoms with Crippen LogP contribution in [-0.2, 0) is 4.79 Å². The van der Waals surface area contributed by atoms with E-state index in [1.807, 2.05) is 6.92 Å². The maximum Gasteiger partial charge on any atom is 0.337 e. The van der Waals surface area contributed by atoms with Crippen LogP contribution in [0, 0.1) is 0 Å². The number of carbonyl (C=O) groups excluding carboxylic acids is 1. The molecule has 2 amide bonds. The van der Waals surface area contributed by atoms with Gasteiger partial charge in [0.05, 0.1) is 6.54 Å². The summed E-state index contributed by atoms with van der Waals surface area (Å²) in [5.41, 5.74) is -1.93. The largest absolute Gasteiger partial charge is 0.479 e. The SMILES string of the molecule is CCN(C(=O)NCC(C)(O)C(=O)O)C1CCCCC1. The molecule has 1 fully saturated rings. The topological polar surface area (TPSA) is 89.9 Å². The lowest BCUT2D eigenvalue weighted by Gasteiger charge is -2.34. The van der Waals surface area contributed by atoms with Crippen molar-refractivity contribution in [2.45, 2.75) is 57.6 Å². The van der Waals surface area contributed by atoms with Gasteiger partial charge >= 0.3 is 12.0 Å². The molecule has 0 bridgehead atoms. The molecule has 6 heteroatoms. The average Bonchev–Trinajstić information content (AvgIpc) is 2.38. The number of carboxylic acids is 1. The van der Waals surface area contributed by atoms with Crippen LogP contribution in [0.4, 0.5) is 4.79 Å². The lowest BCUT2D eigenvalue weighted by atomic mass is 9.94. The van der Waals surface area contributed by atoms with E-state index in [1.165, 1.54) is 13.3 Å². The van der Waals surface area contributed by atoms with Crippen molar-refractivity contribution in [1.82, 2.24) is 10.2 Å². The molecule has 0 spiro atoms. The zero-order valence-electron chi connectivity index (χ0n) is 11.7. The second-order valence-corrected chi connectivity index (χ2v) is 5.32. The third-order valence-corrected chi connectivity index (χ3v) is 3.66. The molecule has 1 aliphatic rings. The molecular formula is C13H24N2O4. The van der Waals surface area contributed by atoms with Gasteiger partial charge in [0.25, 0.3) is 0 Å². The van der Waals surface area contributed by atoms with Crippen LogP contribution in [0.15, 0.2) is 0 Å². The number of hydrogen-bond donors (Lipinski definition) is 3. The van der Waals surface area contributed by atoms with Crippen LogP contribution in [-0.4, -0.2) is 51.8 Å². The number of aliphatic hydroxyl groups is 1. The maximum atomic E-state index is 12.1. The fourth-order valence-corrected chi connectivity index (χ4v) is 2.39. The van der Waals surface area contributed by atoms with E-state index in [-0.39, 0.29) is 18.6 Å². The predicted molar refractivity (Wildman–Crippen MR) is 70.9 cm³/mol. The summed E-state index contributed by atoms with van der Waals surface area (Å²) >= 11 is 0. The number of amides is 2. The van der Waals surface area contributed by atoms with Crippen LogP contribution in [0.25, 0.3) is 0 Å². The Morgan fingerprint density at radius 3 is 2.37 bits per heavy atom. The Morgan fingerprint density at radius 2 is 1.89 bits per heavy atom. The summed E-state index contributed by atoms with van der Waals surface area (Å²) in [6.45, 7) is 3.38. The number of rotatable bonds is 5. The van der Waals surface area contributed by atoms with Crippen molar-refractivity contribution in [3.63, 3.8) is 0 Å². The Hall–Kier alpha value is -1.30. The monoisotopic (exact) mass is 272 g/mol. The highest BCUT2D eigenvalue weighted by molar-refractivity contribution is 5.79. The summed E-state index contributed by atoms with van der Waals surface area (Å²) in [6, 6.07) is -0.0653. The Bertz CT molecular complexity index is 325. The molecule has 0 aromatic rings. The van der Waals surface area contributed by atoms with Crippen LogP contribution in [0.5, 0.6) is 0 Å². The van der Waals surface area contributed by atoms with E-state index in [4.69, 9.17) is 5.11 Å². The van der Waals surface area contributed by atoms with Crippen molar-refractivity contribution < 1.29 is 19.8 Å². The quantitative estimate of drug-likeness (QED) is 0.701. The molecule has 110 valence electrons. The van der Waals surface area contributed by atoms with Gasteiger partial charge in [-0.05, 0) is 26.7 Å². The minimum absolute atomic E-state index is 0.230. The summed E-state index contributed by atoms with van der Waals surface area (Å²) in [5.74, 6) is -1.34. The van der Waals surface area contributed by atoms with Crippen LogP contribution in [0.1, 0.15) is 46.0 Å². The molecule has 1 unspecified atom stereocenters. The van der Waals surface area contributed by atoms with E-state index in [0.717, 1.165) is 25.7 Å². The van der Waals surface area contributed by atoms with E-state index >= 15 is 0 Å². The molecule has 0 aromatic heterocycles. The van der Waals surface area contributed by atoms with Gasteiger partial charge < -0.3 is 20.4 Å². The minimum atomic E-state index is -1.93. The number of aliphatic carboxylic acids is 1. The van der Waals surface area contributed by atoms with Crippen molar-refractivity contribution in [2.75, 3.05) is 13.1 Å². The molecular weight excluding hydrogens is 248 g/mol. The molecule has 1 atom stereocenters. The Morgan fingerprint density at radius 1 is 1.32 bits per heavy atom. The van der Waals surface area contributed by atoms with Crippen molar-refractivity contribution >= 4 is 12.0 Å².